The van der Waals surface area contributed by atoms with E-state index in [-0.39, 0.29) is 51.3 Å². The molecule has 2 unspecified atom stereocenters. The van der Waals surface area contributed by atoms with E-state index in [1.165, 1.54) is 20.7 Å². The molecule has 0 saturated carbocycles. The van der Waals surface area contributed by atoms with Gasteiger partial charge < -0.3 is 10.2 Å². The van der Waals surface area contributed by atoms with Crippen molar-refractivity contribution in [3.63, 3.8) is 0 Å². The standard InChI is InChI=1S/C15H24N4O3S.C9H8F3NO.H2/c1-12-4-7-18(23(21,22)19-9-13(8-16)10-19)11-14(12)15(20)17-5-2-3-6-17;10-9(11,12)8-3-1-7(2-4-8)5-13-6-14;/h12-14H,2-7,9-11H2,1H3;1-4,6H,5H2,(H,13,14);1H. The summed E-state index contributed by atoms with van der Waals surface area (Å²) in [6, 6.07) is 6.73. The van der Waals surface area contributed by atoms with Crippen LogP contribution in [0.3, 0.4) is 0 Å². The van der Waals surface area contributed by atoms with E-state index in [4.69, 9.17) is 5.26 Å². The van der Waals surface area contributed by atoms with Crippen LogP contribution in [0.15, 0.2) is 24.3 Å². The molecule has 206 valence electrons. The number of piperidine rings is 1. The highest BCUT2D eigenvalue weighted by molar-refractivity contribution is 7.86. The number of rotatable bonds is 6. The maximum atomic E-state index is 12.7. The molecule has 3 aliphatic rings. The molecule has 4 rings (SSSR count). The molecule has 9 nitrogen and oxygen atoms in total. The van der Waals surface area contributed by atoms with E-state index in [2.05, 4.69) is 11.4 Å². The van der Waals surface area contributed by atoms with Gasteiger partial charge >= 0.3 is 6.18 Å². The Morgan fingerprint density at radius 3 is 2.30 bits per heavy atom. The van der Waals surface area contributed by atoms with Gasteiger partial charge in [0, 0.05) is 47.2 Å². The van der Waals surface area contributed by atoms with Crippen LogP contribution in [0, 0.1) is 29.1 Å². The van der Waals surface area contributed by atoms with Crippen LogP contribution in [0.4, 0.5) is 13.2 Å². The monoisotopic (exact) mass is 545 g/mol. The van der Waals surface area contributed by atoms with Crippen molar-refractivity contribution < 1.29 is 32.6 Å². The number of hydrogen-bond donors (Lipinski definition) is 1. The number of halogens is 3. The number of alkyl halides is 3. The number of hydrogen-bond acceptors (Lipinski definition) is 5. The van der Waals surface area contributed by atoms with Gasteiger partial charge in [-0.1, -0.05) is 19.1 Å². The quantitative estimate of drug-likeness (QED) is 0.552. The van der Waals surface area contributed by atoms with E-state index in [1.807, 2.05) is 11.8 Å². The van der Waals surface area contributed by atoms with Crippen molar-refractivity contribution in [2.24, 2.45) is 17.8 Å². The third kappa shape index (κ3) is 7.21. The fourth-order valence-corrected chi connectivity index (χ4v) is 6.33. The first-order valence-electron chi connectivity index (χ1n) is 12.2. The minimum Gasteiger partial charge on any atom is -0.355 e. The SMILES string of the molecule is CC1CCN(S(=O)(=O)N2CC(C#N)C2)CC1C(=O)N1CCCC1.O=CNCc1ccc(C(F)(F)F)cc1.[HH]. The van der Waals surface area contributed by atoms with Gasteiger partial charge in [-0.2, -0.15) is 35.5 Å². The zero-order valence-corrected chi connectivity index (χ0v) is 21.5. The number of nitrogens with one attached hydrogen (secondary N) is 1. The van der Waals surface area contributed by atoms with Crippen LogP contribution < -0.4 is 5.32 Å². The lowest BCUT2D eigenvalue weighted by atomic mass is 9.87. The van der Waals surface area contributed by atoms with Gasteiger partial charge in [0.2, 0.25) is 12.3 Å². The number of carbonyl (C=O) groups excluding carboxylic acids is 2. The molecule has 0 bridgehead atoms. The summed E-state index contributed by atoms with van der Waals surface area (Å²) >= 11 is 0. The molecule has 1 aromatic carbocycles. The summed E-state index contributed by atoms with van der Waals surface area (Å²) in [4.78, 5) is 24.5. The van der Waals surface area contributed by atoms with Gasteiger partial charge in [0.1, 0.15) is 0 Å². The Morgan fingerprint density at radius 1 is 1.14 bits per heavy atom. The highest BCUT2D eigenvalue weighted by Crippen LogP contribution is 2.31. The van der Waals surface area contributed by atoms with Gasteiger partial charge in [-0.3, -0.25) is 9.59 Å². The first-order valence-corrected chi connectivity index (χ1v) is 13.6. The van der Waals surface area contributed by atoms with E-state index in [9.17, 15) is 31.2 Å². The molecule has 0 aromatic heterocycles. The molecule has 3 aliphatic heterocycles. The third-order valence-corrected chi connectivity index (χ3v) is 8.94. The third-order valence-electron chi connectivity index (χ3n) is 7.01. The van der Waals surface area contributed by atoms with E-state index in [1.54, 1.807) is 0 Å². The lowest BCUT2D eigenvalue weighted by Gasteiger charge is -2.42. The van der Waals surface area contributed by atoms with E-state index >= 15 is 0 Å². The number of nitrogens with zero attached hydrogens (tertiary/aromatic N) is 4. The minimum atomic E-state index is -4.31. The maximum absolute atomic E-state index is 12.7. The summed E-state index contributed by atoms with van der Waals surface area (Å²) in [5, 5.41) is 11.2. The summed E-state index contributed by atoms with van der Waals surface area (Å²) in [5.41, 5.74) is -0.0579. The molecule has 0 radical (unpaired) electrons. The fourth-order valence-electron chi connectivity index (χ4n) is 4.59. The van der Waals surface area contributed by atoms with Crippen molar-refractivity contribution in [1.29, 1.82) is 5.26 Å². The molecule has 3 fully saturated rings. The molecule has 37 heavy (non-hydrogen) atoms. The number of nitriles is 1. The molecular formula is C24H34F3N5O4S. The van der Waals surface area contributed by atoms with E-state index in [0.717, 1.165) is 38.1 Å². The summed E-state index contributed by atoms with van der Waals surface area (Å²) in [6.07, 6.45) is -1.02. The molecule has 3 heterocycles. The summed E-state index contributed by atoms with van der Waals surface area (Å²) in [7, 11) is -3.54. The minimum absolute atomic E-state index is 0. The predicted octanol–water partition coefficient (Wildman–Crippen LogP) is 2.46. The molecule has 3 saturated heterocycles. The second-order valence-electron chi connectivity index (χ2n) is 9.61. The Hall–Kier alpha value is -2.69. The molecule has 2 atom stereocenters. The molecule has 1 N–H and O–H groups in total. The average molecular weight is 546 g/mol. The lowest BCUT2D eigenvalue weighted by molar-refractivity contribution is -0.138. The Kier molecular flexibility index (Phi) is 9.55. The van der Waals surface area contributed by atoms with Crippen LogP contribution in [0.1, 0.15) is 38.7 Å². The van der Waals surface area contributed by atoms with Crippen LogP contribution >= 0.6 is 0 Å². The zero-order valence-electron chi connectivity index (χ0n) is 20.7. The number of carbonyl (C=O) groups is 2. The normalized spacial score (nSPS) is 23.4. The fraction of sp³-hybridized carbons (Fsp3) is 0.625. The molecule has 1 aromatic rings. The molecular weight excluding hydrogens is 511 g/mol. The van der Waals surface area contributed by atoms with Crippen molar-refractivity contribution in [2.45, 2.75) is 38.9 Å². The van der Waals surface area contributed by atoms with Crippen molar-refractivity contribution in [3.05, 3.63) is 35.4 Å². The van der Waals surface area contributed by atoms with E-state index < -0.39 is 21.9 Å². The Bertz CT molecular complexity index is 1090. The smallest absolute Gasteiger partial charge is 0.355 e. The van der Waals surface area contributed by atoms with Crippen LogP contribution in [0.25, 0.3) is 0 Å². The molecule has 2 amide bonds. The van der Waals surface area contributed by atoms with Gasteiger partial charge in [0.15, 0.2) is 0 Å². The van der Waals surface area contributed by atoms with Crippen LogP contribution in [-0.2, 0) is 32.5 Å². The van der Waals surface area contributed by atoms with Crippen LogP contribution in [0.5, 0.6) is 0 Å². The second kappa shape index (κ2) is 12.2. The van der Waals surface area contributed by atoms with E-state index in [0.29, 0.717) is 24.9 Å². The Morgan fingerprint density at radius 2 is 1.76 bits per heavy atom. The largest absolute Gasteiger partial charge is 0.416 e. The molecule has 0 spiro atoms. The number of benzene rings is 1. The summed E-state index contributed by atoms with van der Waals surface area (Å²) in [6.45, 7) is 5.15. The van der Waals surface area contributed by atoms with Gasteiger partial charge in [-0.25, -0.2) is 0 Å². The second-order valence-corrected chi connectivity index (χ2v) is 11.5. The topological polar surface area (TPSA) is 114 Å². The van der Waals surface area contributed by atoms with Crippen molar-refractivity contribution in [3.8, 4) is 6.07 Å². The van der Waals surface area contributed by atoms with Crippen LogP contribution in [0.2, 0.25) is 0 Å². The Labute approximate surface area is 216 Å². The highest BCUT2D eigenvalue weighted by atomic mass is 32.2. The van der Waals surface area contributed by atoms with Gasteiger partial charge in [-0.15, -0.1) is 0 Å². The van der Waals surface area contributed by atoms with Crippen LogP contribution in [-0.4, -0.2) is 73.5 Å². The Balaban J connectivity index is 0.000000292. The van der Waals surface area contributed by atoms with Crippen molar-refractivity contribution in [1.82, 2.24) is 18.8 Å². The predicted molar refractivity (Wildman–Crippen MR) is 131 cm³/mol. The summed E-state index contributed by atoms with van der Waals surface area (Å²) < 4.78 is 64.4. The van der Waals surface area contributed by atoms with Gasteiger partial charge in [0.25, 0.3) is 10.2 Å². The zero-order chi connectivity index (χ0) is 27.2. The summed E-state index contributed by atoms with van der Waals surface area (Å²) in [5.74, 6) is -0.133. The maximum Gasteiger partial charge on any atom is 0.416 e. The van der Waals surface area contributed by atoms with Crippen molar-refractivity contribution in [2.75, 3.05) is 39.3 Å². The number of amides is 2. The van der Waals surface area contributed by atoms with Crippen molar-refractivity contribution >= 4 is 22.5 Å². The first-order chi connectivity index (χ1) is 17.5. The number of likely N-dealkylation sites (tertiary alicyclic amines) is 1. The first kappa shape index (κ1) is 28.9. The molecule has 0 aliphatic carbocycles. The van der Waals surface area contributed by atoms with Gasteiger partial charge in [0.05, 0.1) is 23.5 Å². The molecule has 13 heteroatoms. The lowest BCUT2D eigenvalue weighted by Crippen LogP contribution is -2.58. The highest BCUT2D eigenvalue weighted by Gasteiger charge is 2.44. The average Bonchev–Trinajstić information content (AvgIpc) is 3.37. The van der Waals surface area contributed by atoms with Gasteiger partial charge in [-0.05, 0) is 42.9 Å².